The van der Waals surface area contributed by atoms with Gasteiger partial charge in [-0.15, -0.1) is 11.3 Å². The summed E-state index contributed by atoms with van der Waals surface area (Å²) in [6, 6.07) is 1.75. The summed E-state index contributed by atoms with van der Waals surface area (Å²) in [5.41, 5.74) is 1.55. The van der Waals surface area contributed by atoms with E-state index in [1.807, 2.05) is 5.38 Å². The van der Waals surface area contributed by atoms with Crippen molar-refractivity contribution in [1.82, 2.24) is 14.5 Å². The number of hydrogen-bond acceptors (Lipinski definition) is 4. The molecule has 3 heterocycles. The number of ether oxygens (including phenoxy) is 1. The lowest BCUT2D eigenvalue weighted by atomic mass is 9.94. The van der Waals surface area contributed by atoms with Crippen molar-refractivity contribution in [3.8, 4) is 11.3 Å². The van der Waals surface area contributed by atoms with E-state index in [2.05, 4.69) is 31.5 Å². The molecule has 160 valence electrons. The van der Waals surface area contributed by atoms with Crippen molar-refractivity contribution in [1.29, 1.82) is 0 Å². The van der Waals surface area contributed by atoms with Crippen molar-refractivity contribution in [3.63, 3.8) is 0 Å². The Balaban J connectivity index is 1.83. The number of carbonyl (C=O) groups excluding carboxylic acids is 1. The Hall–Kier alpha value is -1.80. The van der Waals surface area contributed by atoms with Crippen LogP contribution in [0.25, 0.3) is 11.3 Å². The molecule has 0 radical (unpaired) electrons. The van der Waals surface area contributed by atoms with E-state index in [1.54, 1.807) is 6.07 Å². The number of nitrogens with zero attached hydrogens (tertiary/aromatic N) is 3. The van der Waals surface area contributed by atoms with Crippen LogP contribution in [0, 0.1) is 5.92 Å². The molecule has 1 fully saturated rings. The molecule has 2 aromatic heterocycles. The first-order chi connectivity index (χ1) is 13.6. The third kappa shape index (κ3) is 5.42. The van der Waals surface area contributed by atoms with Crippen LogP contribution in [0.3, 0.4) is 0 Å². The van der Waals surface area contributed by atoms with E-state index in [0.29, 0.717) is 10.8 Å². The summed E-state index contributed by atoms with van der Waals surface area (Å²) < 4.78 is 32.8. The maximum absolute atomic E-state index is 12.6. The number of halogens is 2. The fourth-order valence-corrected chi connectivity index (χ4v) is 4.45. The highest BCUT2D eigenvalue weighted by molar-refractivity contribution is 7.12. The number of imidazole rings is 1. The molecule has 1 aliphatic heterocycles. The molecule has 0 bridgehead atoms. The smallest absolute Gasteiger partial charge is 0.263 e. The van der Waals surface area contributed by atoms with Crippen LogP contribution in [0.4, 0.5) is 8.78 Å². The molecule has 1 amide bonds. The predicted octanol–water partition coefficient (Wildman–Crippen LogP) is 4.67. The van der Waals surface area contributed by atoms with Crippen molar-refractivity contribution in [3.05, 3.63) is 28.3 Å². The van der Waals surface area contributed by atoms with E-state index in [0.717, 1.165) is 54.6 Å². The summed E-state index contributed by atoms with van der Waals surface area (Å²) >= 11 is 1.26. The molecule has 5 nitrogen and oxygen atoms in total. The summed E-state index contributed by atoms with van der Waals surface area (Å²) in [6.45, 7) is 8.36. The van der Waals surface area contributed by atoms with E-state index in [4.69, 9.17) is 9.72 Å². The van der Waals surface area contributed by atoms with Gasteiger partial charge in [0.15, 0.2) is 0 Å². The molecule has 0 saturated carbocycles. The zero-order valence-corrected chi connectivity index (χ0v) is 18.3. The van der Waals surface area contributed by atoms with Gasteiger partial charge in [-0.2, -0.15) is 0 Å². The van der Waals surface area contributed by atoms with Gasteiger partial charge in [-0.3, -0.25) is 4.79 Å². The van der Waals surface area contributed by atoms with Gasteiger partial charge >= 0.3 is 0 Å². The maximum Gasteiger partial charge on any atom is 0.263 e. The Bertz CT molecular complexity index is 835. The van der Waals surface area contributed by atoms with Gasteiger partial charge in [-0.05, 0) is 24.8 Å². The van der Waals surface area contributed by atoms with E-state index < -0.39 is 13.0 Å². The normalized spacial score (nSPS) is 15.8. The topological polar surface area (TPSA) is 47.4 Å². The van der Waals surface area contributed by atoms with Crippen LogP contribution in [-0.2, 0) is 16.7 Å². The SMILES string of the molecule is CN(CC(F)F)C(=O)c1cc(-c2cn(CC3CCOCC3)c(C(C)(C)C)n2)cs1. The minimum Gasteiger partial charge on any atom is -0.381 e. The first kappa shape index (κ1) is 21.9. The van der Waals surface area contributed by atoms with Crippen molar-refractivity contribution in [2.24, 2.45) is 5.92 Å². The third-order valence-electron chi connectivity index (χ3n) is 5.11. The number of amides is 1. The summed E-state index contributed by atoms with van der Waals surface area (Å²) in [5, 5.41) is 1.87. The van der Waals surface area contributed by atoms with E-state index in [1.165, 1.54) is 18.4 Å². The Morgan fingerprint density at radius 3 is 2.69 bits per heavy atom. The molecule has 2 aromatic rings. The Kier molecular flexibility index (Phi) is 6.73. The van der Waals surface area contributed by atoms with Crippen LogP contribution < -0.4 is 0 Å². The monoisotopic (exact) mass is 425 g/mol. The van der Waals surface area contributed by atoms with E-state index in [-0.39, 0.29) is 11.3 Å². The Morgan fingerprint density at radius 2 is 2.07 bits per heavy atom. The number of hydrogen-bond donors (Lipinski definition) is 0. The van der Waals surface area contributed by atoms with Crippen molar-refractivity contribution >= 4 is 17.2 Å². The van der Waals surface area contributed by atoms with Crippen molar-refractivity contribution < 1.29 is 18.3 Å². The van der Waals surface area contributed by atoms with Gasteiger partial charge in [0.05, 0.1) is 17.1 Å². The largest absolute Gasteiger partial charge is 0.381 e. The lowest BCUT2D eigenvalue weighted by Gasteiger charge is -2.25. The van der Waals surface area contributed by atoms with Crippen LogP contribution in [0.2, 0.25) is 0 Å². The molecule has 3 rings (SSSR count). The molecular weight excluding hydrogens is 396 g/mol. The zero-order valence-electron chi connectivity index (χ0n) is 17.5. The lowest BCUT2D eigenvalue weighted by molar-refractivity contribution is 0.0607. The van der Waals surface area contributed by atoms with Crippen LogP contribution in [0.5, 0.6) is 0 Å². The van der Waals surface area contributed by atoms with Crippen molar-refractivity contribution in [2.75, 3.05) is 26.8 Å². The predicted molar refractivity (Wildman–Crippen MR) is 111 cm³/mol. The summed E-state index contributed by atoms with van der Waals surface area (Å²) in [4.78, 5) is 18.8. The number of rotatable bonds is 6. The second kappa shape index (κ2) is 8.92. The van der Waals surface area contributed by atoms with E-state index >= 15 is 0 Å². The summed E-state index contributed by atoms with van der Waals surface area (Å²) in [5.74, 6) is 1.18. The minimum absolute atomic E-state index is 0.116. The molecule has 1 saturated heterocycles. The van der Waals surface area contributed by atoms with E-state index in [9.17, 15) is 13.6 Å². The Labute approximate surface area is 174 Å². The van der Waals surface area contributed by atoms with Gasteiger partial charge in [0, 0.05) is 49.4 Å². The molecule has 0 N–H and O–H groups in total. The number of carbonyl (C=O) groups is 1. The first-order valence-electron chi connectivity index (χ1n) is 9.93. The second-order valence-electron chi connectivity index (χ2n) is 8.68. The molecule has 0 unspecified atom stereocenters. The zero-order chi connectivity index (χ0) is 21.2. The van der Waals surface area contributed by atoms with Gasteiger partial charge < -0.3 is 14.2 Å². The fourth-order valence-electron chi connectivity index (χ4n) is 3.56. The average Bonchev–Trinajstić information content (AvgIpc) is 3.28. The molecule has 1 aliphatic rings. The van der Waals surface area contributed by atoms with Crippen LogP contribution in [0.15, 0.2) is 17.6 Å². The molecule has 0 aliphatic carbocycles. The highest BCUT2D eigenvalue weighted by Gasteiger charge is 2.25. The summed E-state index contributed by atoms with van der Waals surface area (Å²) in [7, 11) is 1.40. The van der Waals surface area contributed by atoms with Crippen LogP contribution >= 0.6 is 11.3 Å². The molecule has 0 spiro atoms. The molecule has 0 atom stereocenters. The average molecular weight is 426 g/mol. The molecule has 0 aromatic carbocycles. The molecule has 29 heavy (non-hydrogen) atoms. The molecular formula is C21H29F2N3O2S. The minimum atomic E-state index is -2.54. The van der Waals surface area contributed by atoms with Gasteiger partial charge in [-0.1, -0.05) is 20.8 Å². The van der Waals surface area contributed by atoms with Gasteiger partial charge in [-0.25, -0.2) is 13.8 Å². The molecule has 8 heteroatoms. The van der Waals surface area contributed by atoms with Crippen molar-refractivity contribution in [2.45, 2.75) is 52.0 Å². The van der Waals surface area contributed by atoms with Gasteiger partial charge in [0.1, 0.15) is 5.82 Å². The fraction of sp³-hybridized carbons (Fsp3) is 0.619. The quantitative estimate of drug-likeness (QED) is 0.676. The third-order valence-corrected chi connectivity index (χ3v) is 6.03. The maximum atomic E-state index is 12.6. The number of aromatic nitrogens is 2. The lowest BCUT2D eigenvalue weighted by Crippen LogP contribution is -2.30. The highest BCUT2D eigenvalue weighted by atomic mass is 32.1. The van der Waals surface area contributed by atoms with Gasteiger partial charge in [0.2, 0.25) is 0 Å². The number of thiophene rings is 1. The van der Waals surface area contributed by atoms with Gasteiger partial charge in [0.25, 0.3) is 12.3 Å². The standard InChI is InChI=1S/C21H29F2N3O2S/c1-21(2,3)20-24-16(11-26(20)10-14-5-7-28-8-6-14)15-9-17(29-13-15)19(27)25(4)12-18(22)23/h9,11,13-14,18H,5-8,10,12H2,1-4H3. The first-order valence-corrected chi connectivity index (χ1v) is 10.8. The van der Waals surface area contributed by atoms with Crippen LogP contribution in [-0.4, -0.2) is 53.6 Å². The number of alkyl halides is 2. The highest BCUT2D eigenvalue weighted by Crippen LogP contribution is 2.31. The Morgan fingerprint density at radius 1 is 1.38 bits per heavy atom. The second-order valence-corrected chi connectivity index (χ2v) is 9.60. The van der Waals surface area contributed by atoms with Crippen LogP contribution in [0.1, 0.15) is 49.1 Å². The summed E-state index contributed by atoms with van der Waals surface area (Å²) in [6.07, 6.45) is 1.60.